The van der Waals surface area contributed by atoms with Crippen molar-refractivity contribution in [2.45, 2.75) is 43.9 Å². The molecule has 1 N–H and O–H groups in total. The molecule has 2 atom stereocenters. The molecule has 0 aromatic carbocycles. The number of hydrogen-bond acceptors (Lipinski definition) is 4. The van der Waals surface area contributed by atoms with Crippen LogP contribution in [0.3, 0.4) is 0 Å². The Morgan fingerprint density at radius 3 is 2.83 bits per heavy atom. The molecular formula is C13H16N2O3. The molecular weight excluding hydrogens is 232 g/mol. The van der Waals surface area contributed by atoms with Crippen molar-refractivity contribution in [2.24, 2.45) is 5.92 Å². The molecule has 0 radical (unpaired) electrons. The topological polar surface area (TPSA) is 76.2 Å². The fourth-order valence-electron chi connectivity index (χ4n) is 2.40. The van der Waals surface area contributed by atoms with Gasteiger partial charge in [-0.2, -0.15) is 4.98 Å². The molecule has 1 aromatic heterocycles. The van der Waals surface area contributed by atoms with Crippen LogP contribution in [0.1, 0.15) is 50.2 Å². The van der Waals surface area contributed by atoms with Crippen molar-refractivity contribution < 1.29 is 14.4 Å². The largest absolute Gasteiger partial charge is 0.481 e. The maximum atomic E-state index is 11.2. The molecule has 2 unspecified atom stereocenters. The summed E-state index contributed by atoms with van der Waals surface area (Å²) in [5, 5.41) is 13.2. The molecule has 0 bridgehead atoms. The highest BCUT2D eigenvalue weighted by molar-refractivity contribution is 5.71. The van der Waals surface area contributed by atoms with Gasteiger partial charge in [-0.05, 0) is 25.7 Å². The van der Waals surface area contributed by atoms with Gasteiger partial charge in [-0.15, -0.1) is 0 Å². The Labute approximate surface area is 105 Å². The second-order valence-electron chi connectivity index (χ2n) is 5.51. The summed E-state index contributed by atoms with van der Waals surface area (Å²) in [6.07, 6.45) is 7.27. The Hall–Kier alpha value is -1.65. The average Bonchev–Trinajstić information content (AvgIpc) is 2.94. The first kappa shape index (κ1) is 11.4. The number of carboxylic acid groups (broad SMARTS) is 1. The molecule has 1 saturated carbocycles. The molecule has 2 aliphatic carbocycles. The number of rotatable bonds is 3. The van der Waals surface area contributed by atoms with Crippen LogP contribution in [0.4, 0.5) is 0 Å². The van der Waals surface area contributed by atoms with Crippen molar-refractivity contribution in [3.05, 3.63) is 23.9 Å². The third-order valence-corrected chi connectivity index (χ3v) is 4.05. The third-order valence-electron chi connectivity index (χ3n) is 4.05. The first-order chi connectivity index (χ1) is 8.60. The molecule has 2 aliphatic rings. The highest BCUT2D eigenvalue weighted by Gasteiger charge is 2.44. The van der Waals surface area contributed by atoms with Gasteiger partial charge in [0.1, 0.15) is 0 Å². The minimum absolute atomic E-state index is 0.0605. The lowest BCUT2D eigenvalue weighted by Crippen LogP contribution is -2.23. The quantitative estimate of drug-likeness (QED) is 0.830. The molecule has 3 rings (SSSR count). The summed E-state index contributed by atoms with van der Waals surface area (Å²) in [6, 6.07) is 0. The Kier molecular flexibility index (Phi) is 2.50. The summed E-state index contributed by atoms with van der Waals surface area (Å²) in [5.74, 6) is -0.209. The molecule has 1 heterocycles. The summed E-state index contributed by atoms with van der Waals surface area (Å²) >= 11 is 0. The smallest absolute Gasteiger partial charge is 0.307 e. The Morgan fingerprint density at radius 2 is 2.17 bits per heavy atom. The standard InChI is InChI=1S/C13H16N2O3/c1-13(6-7-13)12-14-10(18-15-12)8-4-2-3-5-9(8)11(16)17/h2-3,8-9H,4-7H2,1H3,(H,16,17). The Bertz CT molecular complexity index is 502. The van der Waals surface area contributed by atoms with Crippen LogP contribution in [-0.4, -0.2) is 21.2 Å². The lowest BCUT2D eigenvalue weighted by atomic mass is 9.83. The van der Waals surface area contributed by atoms with Crippen LogP contribution in [0, 0.1) is 5.92 Å². The van der Waals surface area contributed by atoms with Crippen molar-refractivity contribution in [2.75, 3.05) is 0 Å². The molecule has 0 saturated heterocycles. The van der Waals surface area contributed by atoms with Gasteiger partial charge in [0.25, 0.3) is 0 Å². The van der Waals surface area contributed by atoms with Gasteiger partial charge in [-0.25, -0.2) is 0 Å². The number of hydrogen-bond donors (Lipinski definition) is 1. The Balaban J connectivity index is 1.86. The van der Waals surface area contributed by atoms with Gasteiger partial charge in [-0.1, -0.05) is 24.2 Å². The monoisotopic (exact) mass is 248 g/mol. The number of nitrogens with zero attached hydrogens (tertiary/aromatic N) is 2. The van der Waals surface area contributed by atoms with E-state index in [0.29, 0.717) is 18.7 Å². The minimum atomic E-state index is -0.790. The fraction of sp³-hybridized carbons (Fsp3) is 0.615. The highest BCUT2D eigenvalue weighted by atomic mass is 16.5. The summed E-state index contributed by atoms with van der Waals surface area (Å²) in [5.41, 5.74) is 0.0605. The zero-order valence-corrected chi connectivity index (χ0v) is 10.3. The van der Waals surface area contributed by atoms with Crippen LogP contribution in [-0.2, 0) is 10.2 Å². The predicted molar refractivity (Wildman–Crippen MR) is 63.1 cm³/mol. The van der Waals surface area contributed by atoms with Crippen LogP contribution in [0.5, 0.6) is 0 Å². The lowest BCUT2D eigenvalue weighted by Gasteiger charge is -2.21. The Morgan fingerprint density at radius 1 is 1.44 bits per heavy atom. The van der Waals surface area contributed by atoms with Gasteiger partial charge in [0.05, 0.1) is 11.8 Å². The number of carbonyl (C=O) groups is 1. The minimum Gasteiger partial charge on any atom is -0.481 e. The van der Waals surface area contributed by atoms with E-state index in [1.165, 1.54) is 0 Å². The maximum absolute atomic E-state index is 11.2. The van der Waals surface area contributed by atoms with E-state index in [0.717, 1.165) is 18.7 Å². The van der Waals surface area contributed by atoms with Crippen molar-refractivity contribution >= 4 is 5.97 Å². The van der Waals surface area contributed by atoms with Crippen LogP contribution >= 0.6 is 0 Å². The predicted octanol–water partition coefficient (Wildman–Crippen LogP) is 2.26. The fourth-order valence-corrected chi connectivity index (χ4v) is 2.40. The average molecular weight is 248 g/mol. The summed E-state index contributed by atoms with van der Waals surface area (Å²) in [6.45, 7) is 2.11. The van der Waals surface area contributed by atoms with E-state index >= 15 is 0 Å². The first-order valence-corrected chi connectivity index (χ1v) is 6.32. The number of allylic oxidation sites excluding steroid dienone is 2. The van der Waals surface area contributed by atoms with Crippen LogP contribution in [0.25, 0.3) is 0 Å². The first-order valence-electron chi connectivity index (χ1n) is 6.32. The molecule has 1 fully saturated rings. The van der Waals surface area contributed by atoms with E-state index in [2.05, 4.69) is 17.1 Å². The van der Waals surface area contributed by atoms with Gasteiger partial charge in [0.2, 0.25) is 5.89 Å². The third kappa shape index (κ3) is 1.83. The van der Waals surface area contributed by atoms with Crippen LogP contribution < -0.4 is 0 Å². The van der Waals surface area contributed by atoms with E-state index in [1.807, 2.05) is 12.2 Å². The van der Waals surface area contributed by atoms with Crippen molar-refractivity contribution in [3.63, 3.8) is 0 Å². The normalized spacial score (nSPS) is 29.2. The summed E-state index contributed by atoms with van der Waals surface area (Å²) in [7, 11) is 0. The van der Waals surface area contributed by atoms with Crippen molar-refractivity contribution in [1.82, 2.24) is 10.1 Å². The molecule has 96 valence electrons. The number of aromatic nitrogens is 2. The molecule has 0 spiro atoms. The molecule has 1 aromatic rings. The van der Waals surface area contributed by atoms with Crippen molar-refractivity contribution in [1.29, 1.82) is 0 Å². The van der Waals surface area contributed by atoms with Crippen LogP contribution in [0.15, 0.2) is 16.7 Å². The van der Waals surface area contributed by atoms with Gasteiger partial charge in [-0.3, -0.25) is 4.79 Å². The maximum Gasteiger partial charge on any atom is 0.307 e. The van der Waals surface area contributed by atoms with E-state index in [-0.39, 0.29) is 11.3 Å². The van der Waals surface area contributed by atoms with E-state index in [1.54, 1.807) is 0 Å². The van der Waals surface area contributed by atoms with E-state index in [4.69, 9.17) is 4.52 Å². The molecule has 0 amide bonds. The van der Waals surface area contributed by atoms with E-state index < -0.39 is 11.9 Å². The van der Waals surface area contributed by atoms with Gasteiger partial charge in [0.15, 0.2) is 5.82 Å². The number of aliphatic carboxylic acids is 1. The summed E-state index contributed by atoms with van der Waals surface area (Å²) < 4.78 is 5.29. The zero-order valence-electron chi connectivity index (χ0n) is 10.3. The molecule has 5 heteroatoms. The van der Waals surface area contributed by atoms with E-state index in [9.17, 15) is 9.90 Å². The molecule has 18 heavy (non-hydrogen) atoms. The lowest BCUT2D eigenvalue weighted by molar-refractivity contribution is -0.142. The second kappa shape index (κ2) is 3.93. The van der Waals surface area contributed by atoms with Gasteiger partial charge < -0.3 is 9.63 Å². The van der Waals surface area contributed by atoms with Gasteiger partial charge >= 0.3 is 5.97 Å². The van der Waals surface area contributed by atoms with Crippen LogP contribution in [0.2, 0.25) is 0 Å². The molecule has 0 aliphatic heterocycles. The highest BCUT2D eigenvalue weighted by Crippen LogP contribution is 2.46. The second-order valence-corrected chi connectivity index (χ2v) is 5.51. The van der Waals surface area contributed by atoms with Crippen molar-refractivity contribution in [3.8, 4) is 0 Å². The SMILES string of the molecule is CC1(c2noc(C3CC=CCC3C(=O)O)n2)CC1. The number of carboxylic acids is 1. The summed E-state index contributed by atoms with van der Waals surface area (Å²) in [4.78, 5) is 15.7. The molecule has 5 nitrogen and oxygen atoms in total. The zero-order chi connectivity index (χ0) is 12.8. The van der Waals surface area contributed by atoms with Gasteiger partial charge in [0, 0.05) is 5.41 Å².